The number of benzene rings is 1. The van der Waals surface area contributed by atoms with Crippen LogP contribution < -0.4 is 5.73 Å². The molecule has 4 atom stereocenters. The van der Waals surface area contributed by atoms with E-state index < -0.39 is 29.9 Å². The number of fused-ring (bicyclic) bond motifs is 1. The molecule has 3 aliphatic rings. The van der Waals surface area contributed by atoms with Crippen molar-refractivity contribution in [3.63, 3.8) is 0 Å². The van der Waals surface area contributed by atoms with E-state index in [0.717, 1.165) is 36.0 Å². The first-order valence-electron chi connectivity index (χ1n) is 11.0. The van der Waals surface area contributed by atoms with Crippen molar-refractivity contribution in [1.82, 2.24) is 24.9 Å². The highest BCUT2D eigenvalue weighted by atomic mass is 19.1. The van der Waals surface area contributed by atoms with Gasteiger partial charge in [0.25, 0.3) is 0 Å². The van der Waals surface area contributed by atoms with E-state index >= 15 is 0 Å². The number of nitrogens with two attached hydrogens (primary N) is 1. The van der Waals surface area contributed by atoms with Crippen molar-refractivity contribution < 1.29 is 18.0 Å². The van der Waals surface area contributed by atoms with Gasteiger partial charge in [-0.15, -0.1) is 0 Å². The Hall–Kier alpha value is -2.43. The van der Waals surface area contributed by atoms with Crippen LogP contribution >= 0.6 is 0 Å². The third kappa shape index (κ3) is 4.02. The number of hydrogen-bond acceptors (Lipinski definition) is 5. The van der Waals surface area contributed by atoms with Gasteiger partial charge in [-0.25, -0.2) is 13.2 Å². The third-order valence-corrected chi connectivity index (χ3v) is 6.95. The Morgan fingerprint density at radius 3 is 2.84 bits per heavy atom. The molecule has 4 heterocycles. The number of amides is 1. The molecule has 1 aromatic carbocycles. The minimum absolute atomic E-state index is 0.0156. The summed E-state index contributed by atoms with van der Waals surface area (Å²) in [6, 6.07) is 2.23. The Kier molecular flexibility index (Phi) is 5.68. The summed E-state index contributed by atoms with van der Waals surface area (Å²) in [4.78, 5) is 18.6. The third-order valence-electron chi connectivity index (χ3n) is 6.95. The zero-order chi connectivity index (χ0) is 22.4. The van der Waals surface area contributed by atoms with E-state index in [1.807, 2.05) is 11.1 Å². The first-order valence-corrected chi connectivity index (χ1v) is 11.0. The van der Waals surface area contributed by atoms with Gasteiger partial charge < -0.3 is 10.6 Å². The first kappa shape index (κ1) is 21.4. The number of piperidine rings is 1. The van der Waals surface area contributed by atoms with Crippen molar-refractivity contribution in [2.24, 2.45) is 5.73 Å². The van der Waals surface area contributed by atoms with Crippen molar-refractivity contribution in [3.05, 3.63) is 52.9 Å². The molecule has 32 heavy (non-hydrogen) atoms. The van der Waals surface area contributed by atoms with Crippen LogP contribution in [0.3, 0.4) is 0 Å². The zero-order valence-corrected chi connectivity index (χ0v) is 17.7. The van der Waals surface area contributed by atoms with E-state index in [1.165, 1.54) is 4.90 Å². The molecule has 0 bridgehead atoms. The van der Waals surface area contributed by atoms with Gasteiger partial charge in [-0.1, -0.05) is 0 Å². The largest absolute Gasteiger partial charge is 0.339 e. The molecule has 0 spiro atoms. The second-order valence-corrected chi connectivity index (χ2v) is 9.10. The molecule has 0 radical (unpaired) electrons. The van der Waals surface area contributed by atoms with Gasteiger partial charge in [0.15, 0.2) is 0 Å². The second-order valence-electron chi connectivity index (χ2n) is 9.10. The van der Waals surface area contributed by atoms with Crippen LogP contribution in [0.25, 0.3) is 0 Å². The minimum Gasteiger partial charge on any atom is -0.339 e. The van der Waals surface area contributed by atoms with Crippen molar-refractivity contribution in [2.45, 2.75) is 50.2 Å². The quantitative estimate of drug-likeness (QED) is 0.745. The van der Waals surface area contributed by atoms with Crippen LogP contribution in [0.4, 0.5) is 13.2 Å². The predicted octanol–water partition coefficient (Wildman–Crippen LogP) is 1.72. The van der Waals surface area contributed by atoms with E-state index in [-0.39, 0.29) is 30.6 Å². The average molecular weight is 448 g/mol. The van der Waals surface area contributed by atoms with Crippen LogP contribution in [-0.4, -0.2) is 75.2 Å². The number of H-pyrrole nitrogens is 1. The molecule has 0 saturated carbocycles. The molecular weight excluding hydrogens is 421 g/mol. The van der Waals surface area contributed by atoms with Gasteiger partial charge in [-0.05, 0) is 31.0 Å². The lowest BCUT2D eigenvalue weighted by atomic mass is 9.87. The molecule has 1 amide bonds. The summed E-state index contributed by atoms with van der Waals surface area (Å²) in [6.07, 6.45) is 1.71. The number of likely N-dealkylation sites (tertiary alicyclic amines) is 2. The number of carbonyl (C=O) groups is 1. The lowest BCUT2D eigenvalue weighted by Gasteiger charge is -2.46. The number of nitrogens with zero attached hydrogens (tertiary/aromatic N) is 4. The summed E-state index contributed by atoms with van der Waals surface area (Å²) < 4.78 is 42.3. The van der Waals surface area contributed by atoms with Gasteiger partial charge >= 0.3 is 0 Å². The van der Waals surface area contributed by atoms with Crippen molar-refractivity contribution in [2.75, 3.05) is 26.2 Å². The fourth-order valence-corrected chi connectivity index (χ4v) is 5.33. The highest BCUT2D eigenvalue weighted by molar-refractivity contribution is 5.78. The summed E-state index contributed by atoms with van der Waals surface area (Å²) in [7, 11) is 0. The number of halogens is 3. The number of carbonyl (C=O) groups excluding carboxylic acids is 1. The number of alkyl halides is 1. The minimum atomic E-state index is -1.01. The lowest BCUT2D eigenvalue weighted by Crippen LogP contribution is -2.57. The Balaban J connectivity index is 1.40. The fourth-order valence-electron chi connectivity index (χ4n) is 5.33. The lowest BCUT2D eigenvalue weighted by molar-refractivity contribution is -0.133. The first-order chi connectivity index (χ1) is 15.4. The molecular formula is C22H27F3N6O. The number of aromatic amines is 1. The molecule has 172 valence electrons. The summed E-state index contributed by atoms with van der Waals surface area (Å²) in [5.74, 6) is -1.31. The normalized spacial score (nSPS) is 28.9. The van der Waals surface area contributed by atoms with Gasteiger partial charge in [-0.3, -0.25) is 19.7 Å². The van der Waals surface area contributed by atoms with Gasteiger partial charge in [0.05, 0.1) is 31.0 Å². The second kappa shape index (κ2) is 8.49. The van der Waals surface area contributed by atoms with Gasteiger partial charge in [0.1, 0.15) is 17.8 Å². The Morgan fingerprint density at radius 2 is 2.09 bits per heavy atom. The molecule has 2 aromatic rings. The Morgan fingerprint density at radius 1 is 1.25 bits per heavy atom. The smallest absolute Gasteiger partial charge is 0.236 e. The van der Waals surface area contributed by atoms with Gasteiger partial charge in [-0.2, -0.15) is 5.10 Å². The van der Waals surface area contributed by atoms with Gasteiger partial charge in [0.2, 0.25) is 5.91 Å². The average Bonchev–Trinajstić information content (AvgIpc) is 3.46. The maximum Gasteiger partial charge on any atom is 0.236 e. The summed E-state index contributed by atoms with van der Waals surface area (Å²) in [5.41, 5.74) is 8.90. The number of aromatic nitrogens is 2. The topological polar surface area (TPSA) is 81.5 Å². The molecule has 7 nitrogen and oxygen atoms in total. The van der Waals surface area contributed by atoms with Crippen molar-refractivity contribution in [1.29, 1.82) is 0 Å². The molecule has 5 rings (SSSR count). The molecule has 0 aliphatic carbocycles. The highest BCUT2D eigenvalue weighted by Crippen LogP contribution is 2.36. The van der Waals surface area contributed by atoms with Crippen LogP contribution in [0.1, 0.15) is 35.7 Å². The monoisotopic (exact) mass is 448 g/mol. The van der Waals surface area contributed by atoms with E-state index in [2.05, 4.69) is 15.1 Å². The maximum atomic E-state index is 14.7. The molecule has 2 saturated heterocycles. The van der Waals surface area contributed by atoms with E-state index in [4.69, 9.17) is 5.73 Å². The molecule has 10 heteroatoms. The summed E-state index contributed by atoms with van der Waals surface area (Å²) in [6.45, 7) is 2.33. The van der Waals surface area contributed by atoms with Gasteiger partial charge in [0, 0.05) is 49.4 Å². The predicted molar refractivity (Wildman–Crippen MR) is 111 cm³/mol. The van der Waals surface area contributed by atoms with E-state index in [9.17, 15) is 18.0 Å². The Labute approximate surface area is 184 Å². The summed E-state index contributed by atoms with van der Waals surface area (Å²) >= 11 is 0. The standard InChI is InChI=1S/C22H27F3N6O/c23-14-1-2-18(25)17(5-14)22-19(26)6-16(30-8-13-7-27-28-20(13)11-30)10-31(22)12-21(32)29-4-3-15(24)9-29/h1-2,5,7,15-16,19,22H,3-4,6,8-12,26H2,(H,27,28). The number of hydrogen-bond donors (Lipinski definition) is 2. The molecule has 1 aromatic heterocycles. The van der Waals surface area contributed by atoms with Crippen LogP contribution in [0.5, 0.6) is 0 Å². The van der Waals surface area contributed by atoms with Crippen LogP contribution in [0, 0.1) is 11.6 Å². The number of nitrogens with one attached hydrogen (secondary N) is 1. The van der Waals surface area contributed by atoms with Crippen molar-refractivity contribution >= 4 is 5.91 Å². The molecule has 3 aliphatic heterocycles. The zero-order valence-electron chi connectivity index (χ0n) is 17.7. The Bertz CT molecular complexity index is 979. The van der Waals surface area contributed by atoms with Crippen molar-refractivity contribution in [3.8, 4) is 0 Å². The highest BCUT2D eigenvalue weighted by Gasteiger charge is 2.41. The molecule has 3 N–H and O–H groups in total. The van der Waals surface area contributed by atoms with Crippen LogP contribution in [0.15, 0.2) is 24.4 Å². The van der Waals surface area contributed by atoms with Crippen LogP contribution in [-0.2, 0) is 17.9 Å². The molecule has 2 fully saturated rings. The fraction of sp³-hybridized carbons (Fsp3) is 0.545. The van der Waals surface area contributed by atoms with Crippen LogP contribution in [0.2, 0.25) is 0 Å². The van der Waals surface area contributed by atoms with E-state index in [0.29, 0.717) is 32.5 Å². The maximum absolute atomic E-state index is 14.7. The number of rotatable bonds is 4. The molecule has 4 unspecified atom stereocenters. The summed E-state index contributed by atoms with van der Waals surface area (Å²) in [5, 5.41) is 7.07. The SMILES string of the molecule is NC1CC(N2Cc3cn[nH]c3C2)CN(CC(=O)N2CCC(F)C2)C1c1cc(F)ccc1F. The van der Waals surface area contributed by atoms with E-state index in [1.54, 1.807) is 0 Å².